The van der Waals surface area contributed by atoms with Gasteiger partial charge in [-0.05, 0) is 13.8 Å². The van der Waals surface area contributed by atoms with E-state index in [2.05, 4.69) is 10.4 Å². The Balaban J connectivity index is 2.48. The van der Waals surface area contributed by atoms with Gasteiger partial charge in [-0.25, -0.2) is 4.79 Å². The van der Waals surface area contributed by atoms with Crippen LogP contribution in [0.3, 0.4) is 0 Å². The fourth-order valence-electron chi connectivity index (χ4n) is 1.04. The Labute approximate surface area is 83.1 Å². The lowest BCUT2D eigenvalue weighted by molar-refractivity contribution is -0.143. The molecule has 1 heterocycles. The normalized spacial score (nSPS) is 12.2. The first-order valence-corrected chi connectivity index (χ1v) is 4.56. The molecule has 1 aromatic rings. The average molecular weight is 197 g/mol. The molecule has 0 spiro atoms. The number of esters is 1. The van der Waals surface area contributed by atoms with Gasteiger partial charge in [-0.1, -0.05) is 0 Å². The highest BCUT2D eigenvalue weighted by molar-refractivity contribution is 5.78. The molecule has 1 rings (SSSR count). The van der Waals surface area contributed by atoms with Crippen molar-refractivity contribution in [2.75, 3.05) is 11.9 Å². The minimum atomic E-state index is -0.371. The first kappa shape index (κ1) is 10.6. The topological polar surface area (TPSA) is 56.1 Å². The van der Waals surface area contributed by atoms with Gasteiger partial charge in [-0.15, -0.1) is 0 Å². The van der Waals surface area contributed by atoms with E-state index in [0.717, 1.165) is 0 Å². The zero-order valence-electron chi connectivity index (χ0n) is 8.65. The summed E-state index contributed by atoms with van der Waals surface area (Å²) in [6, 6.07) is 1.43. The third kappa shape index (κ3) is 2.76. The molecule has 1 atom stereocenters. The number of aromatic nitrogens is 2. The van der Waals surface area contributed by atoms with Crippen LogP contribution in [-0.2, 0) is 16.6 Å². The minimum Gasteiger partial charge on any atom is -0.464 e. The fraction of sp³-hybridized carbons (Fsp3) is 0.556. The summed E-state index contributed by atoms with van der Waals surface area (Å²) >= 11 is 0. The van der Waals surface area contributed by atoms with E-state index in [0.29, 0.717) is 12.4 Å². The first-order chi connectivity index (χ1) is 6.63. The predicted molar refractivity (Wildman–Crippen MR) is 52.9 cm³/mol. The molecule has 0 aliphatic rings. The average Bonchev–Trinajstić information content (AvgIpc) is 2.51. The second-order valence-corrected chi connectivity index (χ2v) is 2.99. The van der Waals surface area contributed by atoms with Crippen LogP contribution in [-0.4, -0.2) is 28.4 Å². The van der Waals surface area contributed by atoms with E-state index in [1.54, 1.807) is 30.8 Å². The van der Waals surface area contributed by atoms with E-state index >= 15 is 0 Å². The van der Waals surface area contributed by atoms with Crippen molar-refractivity contribution in [1.82, 2.24) is 9.78 Å². The van der Waals surface area contributed by atoms with Gasteiger partial charge in [0.2, 0.25) is 0 Å². The Morgan fingerprint density at radius 2 is 2.50 bits per heavy atom. The SMILES string of the molecule is CCOC(=O)C(C)Nc1ccn(C)n1. The summed E-state index contributed by atoms with van der Waals surface area (Å²) in [5.41, 5.74) is 0. The number of carbonyl (C=O) groups excluding carboxylic acids is 1. The van der Waals surface area contributed by atoms with Crippen LogP contribution in [0.5, 0.6) is 0 Å². The number of carbonyl (C=O) groups is 1. The standard InChI is InChI=1S/C9H15N3O2/c1-4-14-9(13)7(2)10-8-5-6-12(3)11-8/h5-7H,4H2,1-3H3,(H,10,11). The van der Waals surface area contributed by atoms with Crippen molar-refractivity contribution in [2.24, 2.45) is 7.05 Å². The van der Waals surface area contributed by atoms with E-state index in [1.807, 2.05) is 7.05 Å². The highest BCUT2D eigenvalue weighted by Gasteiger charge is 2.13. The quantitative estimate of drug-likeness (QED) is 0.725. The van der Waals surface area contributed by atoms with Gasteiger partial charge in [-0.2, -0.15) is 5.10 Å². The van der Waals surface area contributed by atoms with Crippen LogP contribution in [0.25, 0.3) is 0 Å². The number of aryl methyl sites for hydroxylation is 1. The predicted octanol–water partition coefficient (Wildman–Crippen LogP) is 0.784. The summed E-state index contributed by atoms with van der Waals surface area (Å²) in [5.74, 6) is 0.409. The van der Waals surface area contributed by atoms with Crippen LogP contribution in [0.15, 0.2) is 12.3 Å². The van der Waals surface area contributed by atoms with E-state index in [1.165, 1.54) is 0 Å². The maximum atomic E-state index is 11.2. The molecule has 1 N–H and O–H groups in total. The van der Waals surface area contributed by atoms with Crippen LogP contribution < -0.4 is 5.32 Å². The van der Waals surface area contributed by atoms with Crippen LogP contribution >= 0.6 is 0 Å². The van der Waals surface area contributed by atoms with Crippen molar-refractivity contribution >= 4 is 11.8 Å². The van der Waals surface area contributed by atoms with Crippen LogP contribution in [0.4, 0.5) is 5.82 Å². The molecule has 0 radical (unpaired) electrons. The number of hydrogen-bond acceptors (Lipinski definition) is 4. The molecular weight excluding hydrogens is 182 g/mol. The molecule has 14 heavy (non-hydrogen) atoms. The zero-order valence-corrected chi connectivity index (χ0v) is 8.65. The second kappa shape index (κ2) is 4.64. The van der Waals surface area contributed by atoms with Gasteiger partial charge in [0.05, 0.1) is 6.61 Å². The molecule has 0 saturated carbocycles. The van der Waals surface area contributed by atoms with Crippen molar-refractivity contribution < 1.29 is 9.53 Å². The minimum absolute atomic E-state index is 0.266. The highest BCUT2D eigenvalue weighted by atomic mass is 16.5. The molecule has 0 bridgehead atoms. The van der Waals surface area contributed by atoms with Crippen molar-refractivity contribution in [3.8, 4) is 0 Å². The summed E-state index contributed by atoms with van der Waals surface area (Å²) in [7, 11) is 1.82. The van der Waals surface area contributed by atoms with Gasteiger partial charge < -0.3 is 10.1 Å². The molecule has 0 amide bonds. The van der Waals surface area contributed by atoms with Crippen molar-refractivity contribution in [3.05, 3.63) is 12.3 Å². The largest absolute Gasteiger partial charge is 0.464 e. The fourth-order valence-corrected chi connectivity index (χ4v) is 1.04. The molecule has 0 saturated heterocycles. The lowest BCUT2D eigenvalue weighted by Crippen LogP contribution is -2.28. The monoisotopic (exact) mass is 197 g/mol. The Bertz CT molecular complexity index is 309. The van der Waals surface area contributed by atoms with Gasteiger partial charge in [-0.3, -0.25) is 4.68 Å². The second-order valence-electron chi connectivity index (χ2n) is 2.99. The maximum Gasteiger partial charge on any atom is 0.328 e. The van der Waals surface area contributed by atoms with Gasteiger partial charge >= 0.3 is 5.97 Å². The molecule has 78 valence electrons. The first-order valence-electron chi connectivity index (χ1n) is 4.56. The molecule has 5 heteroatoms. The molecule has 0 aliphatic carbocycles. The van der Waals surface area contributed by atoms with Crippen LogP contribution in [0.2, 0.25) is 0 Å². The van der Waals surface area contributed by atoms with Gasteiger partial charge in [0.15, 0.2) is 0 Å². The van der Waals surface area contributed by atoms with Crippen LogP contribution in [0, 0.1) is 0 Å². The molecule has 1 unspecified atom stereocenters. The molecule has 0 fully saturated rings. The Hall–Kier alpha value is -1.52. The lowest BCUT2D eigenvalue weighted by Gasteiger charge is -2.11. The number of rotatable bonds is 4. The summed E-state index contributed by atoms with van der Waals surface area (Å²) < 4.78 is 6.51. The highest BCUT2D eigenvalue weighted by Crippen LogP contribution is 2.04. The van der Waals surface area contributed by atoms with E-state index in [-0.39, 0.29) is 12.0 Å². The molecule has 0 aromatic carbocycles. The number of nitrogens with one attached hydrogen (secondary N) is 1. The third-order valence-corrected chi connectivity index (χ3v) is 1.72. The Kier molecular flexibility index (Phi) is 3.50. The van der Waals surface area contributed by atoms with E-state index in [9.17, 15) is 4.79 Å². The molecule has 1 aromatic heterocycles. The molecular formula is C9H15N3O2. The van der Waals surface area contributed by atoms with Gasteiger partial charge in [0, 0.05) is 19.3 Å². The number of nitrogens with zero attached hydrogens (tertiary/aromatic N) is 2. The smallest absolute Gasteiger partial charge is 0.328 e. The Morgan fingerprint density at radius 3 is 3.00 bits per heavy atom. The van der Waals surface area contributed by atoms with E-state index < -0.39 is 0 Å². The summed E-state index contributed by atoms with van der Waals surface area (Å²) in [6.07, 6.45) is 1.81. The lowest BCUT2D eigenvalue weighted by atomic mass is 10.3. The third-order valence-electron chi connectivity index (χ3n) is 1.72. The number of anilines is 1. The van der Waals surface area contributed by atoms with Crippen molar-refractivity contribution in [1.29, 1.82) is 0 Å². The van der Waals surface area contributed by atoms with Crippen LogP contribution in [0.1, 0.15) is 13.8 Å². The zero-order chi connectivity index (χ0) is 10.6. The summed E-state index contributed by atoms with van der Waals surface area (Å²) in [5, 5.41) is 7.03. The van der Waals surface area contributed by atoms with Crippen molar-refractivity contribution in [3.63, 3.8) is 0 Å². The molecule has 5 nitrogen and oxygen atoms in total. The summed E-state index contributed by atoms with van der Waals surface area (Å²) in [6.45, 7) is 3.92. The number of hydrogen-bond donors (Lipinski definition) is 1. The molecule has 0 aliphatic heterocycles. The van der Waals surface area contributed by atoms with Gasteiger partial charge in [0.25, 0.3) is 0 Å². The maximum absolute atomic E-state index is 11.2. The number of ether oxygens (including phenoxy) is 1. The van der Waals surface area contributed by atoms with Gasteiger partial charge in [0.1, 0.15) is 11.9 Å². The summed E-state index contributed by atoms with van der Waals surface area (Å²) in [4.78, 5) is 11.2. The van der Waals surface area contributed by atoms with Crippen molar-refractivity contribution in [2.45, 2.75) is 19.9 Å². The van der Waals surface area contributed by atoms with E-state index in [4.69, 9.17) is 4.74 Å². The Morgan fingerprint density at radius 1 is 1.79 bits per heavy atom.